The molecule has 0 aromatic heterocycles. The summed E-state index contributed by atoms with van der Waals surface area (Å²) < 4.78 is 0. The maximum Gasteiger partial charge on any atom is 0.326 e. The number of carbonyl (C=O) groups is 2. The molecule has 0 saturated heterocycles. The van der Waals surface area contributed by atoms with Gasteiger partial charge in [-0.3, -0.25) is 4.79 Å². The third kappa shape index (κ3) is 4.11. The first kappa shape index (κ1) is 16.1. The van der Waals surface area contributed by atoms with Gasteiger partial charge in [0.25, 0.3) is 0 Å². The van der Waals surface area contributed by atoms with Crippen LogP contribution in [0.2, 0.25) is 10.0 Å². The summed E-state index contributed by atoms with van der Waals surface area (Å²) in [6.07, 6.45) is 2.48. The van der Waals surface area contributed by atoms with Gasteiger partial charge in [-0.2, -0.15) is 0 Å². The molecule has 0 bridgehead atoms. The highest BCUT2D eigenvalue weighted by molar-refractivity contribution is 6.35. The van der Waals surface area contributed by atoms with Crippen molar-refractivity contribution >= 4 is 35.1 Å². The van der Waals surface area contributed by atoms with Gasteiger partial charge in [0, 0.05) is 22.5 Å². The number of rotatable bonds is 6. The second-order valence-electron chi connectivity index (χ2n) is 5.28. The van der Waals surface area contributed by atoms with Crippen LogP contribution in [0.4, 0.5) is 0 Å². The molecule has 0 aliphatic heterocycles. The summed E-state index contributed by atoms with van der Waals surface area (Å²) in [5, 5.41) is 10.2. The molecular formula is C15H17Cl2NO3. The first-order valence-corrected chi connectivity index (χ1v) is 7.63. The predicted octanol–water partition coefficient (Wildman–Crippen LogP) is 3.39. The molecule has 1 aliphatic carbocycles. The van der Waals surface area contributed by atoms with Gasteiger partial charge in [-0.25, -0.2) is 4.79 Å². The van der Waals surface area contributed by atoms with Crippen LogP contribution in [0.25, 0.3) is 0 Å². The number of halogens is 2. The first-order valence-electron chi connectivity index (χ1n) is 6.88. The Balaban J connectivity index is 2.00. The molecule has 114 valence electrons. The van der Waals surface area contributed by atoms with Crippen LogP contribution >= 0.6 is 23.2 Å². The summed E-state index contributed by atoms with van der Waals surface area (Å²) in [7, 11) is 0. The highest BCUT2D eigenvalue weighted by Crippen LogP contribution is 2.30. The van der Waals surface area contributed by atoms with E-state index in [1.165, 1.54) is 4.90 Å². The second-order valence-corrected chi connectivity index (χ2v) is 6.13. The van der Waals surface area contributed by atoms with Crippen LogP contribution in [0.1, 0.15) is 31.7 Å². The van der Waals surface area contributed by atoms with Crippen LogP contribution in [0.5, 0.6) is 0 Å². The molecule has 1 aliphatic rings. The standard InChI is InChI=1S/C15H17Cl2NO3/c1-9(15(20)21)18(12-5-6-12)14(19)7-3-10-2-4-11(16)8-13(10)17/h2,4,8-9,12H,3,5-7H2,1H3,(H,20,21). The molecule has 4 nitrogen and oxygen atoms in total. The van der Waals surface area contributed by atoms with E-state index in [0.29, 0.717) is 16.5 Å². The predicted molar refractivity (Wildman–Crippen MR) is 81.7 cm³/mol. The van der Waals surface area contributed by atoms with E-state index in [1.807, 2.05) is 0 Å². The minimum absolute atomic E-state index is 0.0734. The van der Waals surface area contributed by atoms with Crippen molar-refractivity contribution in [2.75, 3.05) is 0 Å². The van der Waals surface area contributed by atoms with Crippen molar-refractivity contribution in [3.05, 3.63) is 33.8 Å². The van der Waals surface area contributed by atoms with Crippen LogP contribution in [0, 0.1) is 0 Å². The zero-order valence-corrected chi connectivity index (χ0v) is 13.2. The third-order valence-corrected chi connectivity index (χ3v) is 4.21. The number of hydrogen-bond acceptors (Lipinski definition) is 2. The van der Waals surface area contributed by atoms with Crippen LogP contribution in [-0.4, -0.2) is 34.0 Å². The molecule has 1 atom stereocenters. The van der Waals surface area contributed by atoms with Crippen molar-refractivity contribution in [2.45, 2.75) is 44.7 Å². The van der Waals surface area contributed by atoms with Gasteiger partial charge in [-0.1, -0.05) is 29.3 Å². The van der Waals surface area contributed by atoms with E-state index < -0.39 is 12.0 Å². The van der Waals surface area contributed by atoms with E-state index in [-0.39, 0.29) is 18.4 Å². The Bertz CT molecular complexity index is 558. The van der Waals surface area contributed by atoms with Crippen molar-refractivity contribution < 1.29 is 14.7 Å². The topological polar surface area (TPSA) is 57.6 Å². The monoisotopic (exact) mass is 329 g/mol. The quantitative estimate of drug-likeness (QED) is 0.870. The number of benzene rings is 1. The minimum Gasteiger partial charge on any atom is -0.480 e. The number of carboxylic acid groups (broad SMARTS) is 1. The van der Waals surface area contributed by atoms with Gasteiger partial charge in [-0.15, -0.1) is 0 Å². The van der Waals surface area contributed by atoms with Crippen molar-refractivity contribution in [3.8, 4) is 0 Å². The van der Waals surface area contributed by atoms with Gasteiger partial charge in [0.05, 0.1) is 0 Å². The van der Waals surface area contributed by atoms with Gasteiger partial charge in [-0.05, 0) is 43.9 Å². The Kier molecular flexibility index (Phi) is 5.12. The number of carbonyl (C=O) groups excluding carboxylic acids is 1. The summed E-state index contributed by atoms with van der Waals surface area (Å²) >= 11 is 11.9. The number of aliphatic carboxylic acids is 1. The van der Waals surface area contributed by atoms with E-state index in [2.05, 4.69) is 0 Å². The van der Waals surface area contributed by atoms with Gasteiger partial charge >= 0.3 is 5.97 Å². The van der Waals surface area contributed by atoms with Crippen LogP contribution in [0.15, 0.2) is 18.2 Å². The lowest BCUT2D eigenvalue weighted by Gasteiger charge is -2.26. The highest BCUT2D eigenvalue weighted by atomic mass is 35.5. The van der Waals surface area contributed by atoms with Crippen molar-refractivity contribution in [3.63, 3.8) is 0 Å². The Morgan fingerprint density at radius 3 is 2.57 bits per heavy atom. The molecule has 0 radical (unpaired) electrons. The second kappa shape index (κ2) is 6.67. The number of amides is 1. The van der Waals surface area contributed by atoms with Gasteiger partial charge in [0.15, 0.2) is 0 Å². The SMILES string of the molecule is CC(C(=O)O)N(C(=O)CCc1ccc(Cl)cc1Cl)C1CC1. The largest absolute Gasteiger partial charge is 0.480 e. The Labute approximate surface area is 133 Å². The number of carboxylic acids is 1. The van der Waals surface area contributed by atoms with Crippen LogP contribution in [-0.2, 0) is 16.0 Å². The maximum absolute atomic E-state index is 12.3. The number of aryl methyl sites for hydroxylation is 1. The average Bonchev–Trinajstić information content (AvgIpc) is 3.22. The molecular weight excluding hydrogens is 313 g/mol. The zero-order valence-electron chi connectivity index (χ0n) is 11.7. The molecule has 1 amide bonds. The lowest BCUT2D eigenvalue weighted by Crippen LogP contribution is -2.44. The fraction of sp³-hybridized carbons (Fsp3) is 0.467. The zero-order chi connectivity index (χ0) is 15.6. The van der Waals surface area contributed by atoms with Crippen molar-refractivity contribution in [1.29, 1.82) is 0 Å². The summed E-state index contributed by atoms with van der Waals surface area (Å²) in [5.74, 6) is -1.11. The van der Waals surface area contributed by atoms with E-state index in [9.17, 15) is 9.59 Å². The lowest BCUT2D eigenvalue weighted by molar-refractivity contribution is -0.150. The molecule has 2 rings (SSSR count). The Morgan fingerprint density at radius 1 is 1.38 bits per heavy atom. The molecule has 1 unspecified atom stereocenters. The highest BCUT2D eigenvalue weighted by Gasteiger charge is 2.37. The third-order valence-electron chi connectivity index (χ3n) is 3.63. The molecule has 0 heterocycles. The summed E-state index contributed by atoms with van der Waals surface area (Å²) in [5.41, 5.74) is 0.841. The smallest absolute Gasteiger partial charge is 0.326 e. The summed E-state index contributed by atoms with van der Waals surface area (Å²) in [6, 6.07) is 4.45. The molecule has 1 fully saturated rings. The lowest BCUT2D eigenvalue weighted by atomic mass is 10.1. The van der Waals surface area contributed by atoms with Crippen molar-refractivity contribution in [2.24, 2.45) is 0 Å². The normalized spacial score (nSPS) is 15.6. The molecule has 21 heavy (non-hydrogen) atoms. The molecule has 6 heteroatoms. The van der Waals surface area contributed by atoms with Gasteiger partial charge in [0.2, 0.25) is 5.91 Å². The average molecular weight is 330 g/mol. The van der Waals surface area contributed by atoms with Crippen LogP contribution < -0.4 is 0 Å². The molecule has 0 spiro atoms. The minimum atomic E-state index is -0.972. The Morgan fingerprint density at radius 2 is 2.05 bits per heavy atom. The molecule has 1 saturated carbocycles. The molecule has 1 aromatic carbocycles. The molecule has 1 aromatic rings. The van der Waals surface area contributed by atoms with Gasteiger partial charge < -0.3 is 10.0 Å². The fourth-order valence-electron chi connectivity index (χ4n) is 2.30. The first-order chi connectivity index (χ1) is 9.90. The maximum atomic E-state index is 12.3. The Hall–Kier alpha value is -1.26. The van der Waals surface area contributed by atoms with Crippen LogP contribution in [0.3, 0.4) is 0 Å². The van der Waals surface area contributed by atoms with E-state index in [1.54, 1.807) is 25.1 Å². The number of nitrogens with zero attached hydrogens (tertiary/aromatic N) is 1. The summed E-state index contributed by atoms with van der Waals surface area (Å²) in [4.78, 5) is 24.9. The van der Waals surface area contributed by atoms with Crippen molar-refractivity contribution in [1.82, 2.24) is 4.90 Å². The number of hydrogen-bond donors (Lipinski definition) is 1. The van der Waals surface area contributed by atoms with Gasteiger partial charge in [0.1, 0.15) is 6.04 Å². The van der Waals surface area contributed by atoms with E-state index >= 15 is 0 Å². The molecule has 1 N–H and O–H groups in total. The fourth-order valence-corrected chi connectivity index (χ4v) is 2.81. The van der Waals surface area contributed by atoms with E-state index in [4.69, 9.17) is 28.3 Å². The summed E-state index contributed by atoms with van der Waals surface area (Å²) in [6.45, 7) is 1.55. The van der Waals surface area contributed by atoms with E-state index in [0.717, 1.165) is 18.4 Å².